The summed E-state index contributed by atoms with van der Waals surface area (Å²) in [6.07, 6.45) is 0.631. The summed E-state index contributed by atoms with van der Waals surface area (Å²) in [7, 11) is -3.57. The highest BCUT2D eigenvalue weighted by atomic mass is 32.2. The van der Waals surface area contributed by atoms with Crippen LogP contribution in [0.3, 0.4) is 0 Å². The first-order valence-electron chi connectivity index (χ1n) is 14.1. The number of carbonyl (C=O) groups is 1. The largest absolute Gasteiger partial charge is 0.507 e. The molecule has 0 saturated heterocycles. The fourth-order valence-corrected chi connectivity index (χ4v) is 7.28. The van der Waals surface area contributed by atoms with Gasteiger partial charge in [-0.2, -0.15) is 0 Å². The summed E-state index contributed by atoms with van der Waals surface area (Å²) in [4.78, 5) is 14.1. The van der Waals surface area contributed by atoms with Crippen molar-refractivity contribution in [3.63, 3.8) is 0 Å². The van der Waals surface area contributed by atoms with Gasteiger partial charge in [0.05, 0.1) is 16.2 Å². The van der Waals surface area contributed by atoms with Crippen molar-refractivity contribution in [1.82, 2.24) is 0 Å². The van der Waals surface area contributed by atoms with Gasteiger partial charge in [-0.05, 0) is 39.8 Å². The van der Waals surface area contributed by atoms with Crippen LogP contribution in [0.15, 0.2) is 131 Å². The maximum atomic E-state index is 13.8. The van der Waals surface area contributed by atoms with Crippen LogP contribution < -0.4 is 0 Å². The van der Waals surface area contributed by atoms with Crippen molar-refractivity contribution in [2.45, 2.75) is 55.8 Å². The summed E-state index contributed by atoms with van der Waals surface area (Å²) in [5, 5.41) is 12.0. The molecule has 0 fully saturated rings. The van der Waals surface area contributed by atoms with Crippen LogP contribution >= 0.6 is 0 Å². The van der Waals surface area contributed by atoms with Crippen LogP contribution in [-0.2, 0) is 38.0 Å². The van der Waals surface area contributed by atoms with Crippen molar-refractivity contribution in [2.24, 2.45) is 5.41 Å². The molecule has 5 nitrogen and oxygen atoms in total. The number of hydrogen-bond acceptors (Lipinski definition) is 5. The van der Waals surface area contributed by atoms with Crippen molar-refractivity contribution in [3.8, 4) is 0 Å². The second-order valence-electron chi connectivity index (χ2n) is 12.1. The smallest absolute Gasteiger partial charge is 0.339 e. The molecular formula is C36H36O5S. The van der Waals surface area contributed by atoms with E-state index in [1.165, 1.54) is 0 Å². The molecule has 0 aliphatic carbocycles. The van der Waals surface area contributed by atoms with Gasteiger partial charge in [0.2, 0.25) is 0 Å². The van der Waals surface area contributed by atoms with Crippen LogP contribution in [0.1, 0.15) is 48.9 Å². The molecular weight excluding hydrogens is 544 g/mol. The van der Waals surface area contributed by atoms with E-state index >= 15 is 0 Å². The monoisotopic (exact) mass is 580 g/mol. The quantitative estimate of drug-likeness (QED) is 0.209. The molecule has 1 atom stereocenters. The van der Waals surface area contributed by atoms with Gasteiger partial charge in [-0.3, -0.25) is 0 Å². The number of hydrogen-bond donors (Lipinski definition) is 1. The molecule has 1 heterocycles. The maximum Gasteiger partial charge on any atom is 0.339 e. The minimum Gasteiger partial charge on any atom is -0.507 e. The van der Waals surface area contributed by atoms with Gasteiger partial charge in [0, 0.05) is 18.8 Å². The van der Waals surface area contributed by atoms with E-state index in [1.54, 1.807) is 36.4 Å². The molecule has 216 valence electrons. The molecule has 1 unspecified atom stereocenters. The summed E-state index contributed by atoms with van der Waals surface area (Å²) in [5.41, 5.74) is 1.68. The SMILES string of the molecule is CC(C)(C)C(C1=C(O)C(Cc2ccccc2)(Cc2ccccc2)OC1=O)c1cccc(CS(=O)(=O)c2ccccc2)c1. The number of benzene rings is 4. The number of cyclic esters (lactones) is 1. The Hall–Kier alpha value is -4.16. The van der Waals surface area contributed by atoms with Gasteiger partial charge in [0.1, 0.15) is 5.76 Å². The topological polar surface area (TPSA) is 80.7 Å². The van der Waals surface area contributed by atoms with Gasteiger partial charge >= 0.3 is 5.97 Å². The van der Waals surface area contributed by atoms with E-state index in [-0.39, 0.29) is 22.0 Å². The second-order valence-corrected chi connectivity index (χ2v) is 14.1. The summed E-state index contributed by atoms with van der Waals surface area (Å²) >= 11 is 0. The summed E-state index contributed by atoms with van der Waals surface area (Å²) in [6, 6.07) is 35.1. The lowest BCUT2D eigenvalue weighted by molar-refractivity contribution is -0.148. The van der Waals surface area contributed by atoms with Gasteiger partial charge in [-0.15, -0.1) is 0 Å². The number of esters is 1. The van der Waals surface area contributed by atoms with Crippen LogP contribution in [0, 0.1) is 5.41 Å². The second kappa shape index (κ2) is 11.6. The first-order chi connectivity index (χ1) is 20.0. The van der Waals surface area contributed by atoms with Crippen molar-refractivity contribution in [2.75, 3.05) is 0 Å². The Labute approximate surface area is 248 Å². The number of rotatable bonds is 9. The molecule has 0 radical (unpaired) electrons. The predicted molar refractivity (Wildman–Crippen MR) is 165 cm³/mol. The molecule has 42 heavy (non-hydrogen) atoms. The molecule has 0 spiro atoms. The van der Waals surface area contributed by atoms with E-state index in [0.29, 0.717) is 18.4 Å². The zero-order valence-electron chi connectivity index (χ0n) is 24.2. The number of sulfone groups is 1. The number of aliphatic hydroxyl groups excluding tert-OH is 1. The Balaban J connectivity index is 1.59. The highest BCUT2D eigenvalue weighted by molar-refractivity contribution is 7.90. The number of carbonyl (C=O) groups excluding carboxylic acids is 1. The molecule has 1 N–H and O–H groups in total. The van der Waals surface area contributed by atoms with E-state index in [1.807, 2.05) is 99.6 Å². The van der Waals surface area contributed by atoms with E-state index in [0.717, 1.165) is 16.7 Å². The average Bonchev–Trinajstić information content (AvgIpc) is 3.18. The zero-order chi connectivity index (χ0) is 30.0. The fraction of sp³-hybridized carbons (Fsp3) is 0.250. The van der Waals surface area contributed by atoms with Crippen LogP contribution in [0.4, 0.5) is 0 Å². The Morgan fingerprint density at radius 3 is 1.76 bits per heavy atom. The van der Waals surface area contributed by atoms with Gasteiger partial charge in [0.15, 0.2) is 15.4 Å². The lowest BCUT2D eigenvalue weighted by Crippen LogP contribution is -2.37. The number of aliphatic hydroxyl groups is 1. The van der Waals surface area contributed by atoms with Crippen LogP contribution in [0.5, 0.6) is 0 Å². The molecule has 4 aromatic carbocycles. The van der Waals surface area contributed by atoms with Gasteiger partial charge in [-0.25, -0.2) is 13.2 Å². The van der Waals surface area contributed by atoms with Gasteiger partial charge in [-0.1, -0.05) is 124 Å². The summed E-state index contributed by atoms with van der Waals surface area (Å²) in [6.45, 7) is 6.02. The third kappa shape index (κ3) is 6.19. The molecule has 1 aliphatic rings. The Kier molecular flexibility index (Phi) is 8.11. The maximum absolute atomic E-state index is 13.8. The molecule has 0 bridgehead atoms. The van der Waals surface area contributed by atoms with E-state index in [4.69, 9.17) is 4.74 Å². The van der Waals surface area contributed by atoms with Crippen molar-refractivity contribution in [3.05, 3.63) is 149 Å². The average molecular weight is 581 g/mol. The third-order valence-electron chi connectivity index (χ3n) is 7.76. The minimum absolute atomic E-state index is 0.0672. The molecule has 0 aromatic heterocycles. The van der Waals surface area contributed by atoms with Crippen LogP contribution in [-0.4, -0.2) is 25.1 Å². The summed E-state index contributed by atoms with van der Waals surface area (Å²) in [5.74, 6) is -1.34. The van der Waals surface area contributed by atoms with E-state index < -0.39 is 32.7 Å². The molecule has 1 aliphatic heterocycles. The highest BCUT2D eigenvalue weighted by Crippen LogP contribution is 2.49. The molecule has 5 rings (SSSR count). The Morgan fingerprint density at radius 2 is 1.24 bits per heavy atom. The number of ether oxygens (including phenoxy) is 1. The first-order valence-corrected chi connectivity index (χ1v) is 15.8. The molecule has 4 aromatic rings. The Morgan fingerprint density at radius 1 is 0.738 bits per heavy atom. The van der Waals surface area contributed by atoms with E-state index in [9.17, 15) is 18.3 Å². The lowest BCUT2D eigenvalue weighted by Gasteiger charge is -2.32. The first kappa shape index (κ1) is 29.3. The standard InChI is InChI=1S/C36H36O5S/c1-35(2,3)32(29-19-13-18-28(22-29)25-42(39,40)30-20-11-6-12-21-30)31-33(37)36(41-34(31)38,23-26-14-7-4-8-15-26)24-27-16-9-5-10-17-27/h4-22,32,37H,23-25H2,1-3H3. The van der Waals surface area contributed by atoms with Crippen molar-refractivity contribution < 1.29 is 23.1 Å². The lowest BCUT2D eigenvalue weighted by atomic mass is 9.71. The van der Waals surface area contributed by atoms with Crippen LogP contribution in [0.2, 0.25) is 0 Å². The van der Waals surface area contributed by atoms with Gasteiger partial charge in [0.25, 0.3) is 0 Å². The van der Waals surface area contributed by atoms with Crippen molar-refractivity contribution in [1.29, 1.82) is 0 Å². The van der Waals surface area contributed by atoms with Crippen molar-refractivity contribution >= 4 is 15.8 Å². The van der Waals surface area contributed by atoms with Crippen LogP contribution in [0.25, 0.3) is 0 Å². The van der Waals surface area contributed by atoms with Gasteiger partial charge < -0.3 is 9.84 Å². The molecule has 0 amide bonds. The minimum atomic E-state index is -3.57. The van der Waals surface area contributed by atoms with E-state index in [2.05, 4.69) is 0 Å². The normalized spacial score (nSPS) is 15.8. The summed E-state index contributed by atoms with van der Waals surface area (Å²) < 4.78 is 32.5. The fourth-order valence-electron chi connectivity index (χ4n) is 5.92. The zero-order valence-corrected chi connectivity index (χ0v) is 25.0. The Bertz CT molecular complexity index is 1640. The molecule has 6 heteroatoms. The predicted octanol–water partition coefficient (Wildman–Crippen LogP) is 7.38. The molecule has 0 saturated carbocycles. The highest BCUT2D eigenvalue weighted by Gasteiger charge is 2.52. The third-order valence-corrected chi connectivity index (χ3v) is 9.46.